The SMILES string of the molecule is CCc1ccc(S(=O)(=O)c2cn(C)c3cc(N4CCOCC4)c(F)cc3c2=O)cc1. The topological polar surface area (TPSA) is 68.6 Å². The standard InChI is InChI=1S/C22H23FN2O4S/c1-3-15-4-6-16(7-5-15)30(27,28)21-14-24(2)19-13-20(25-8-10-29-11-9-25)18(23)12-17(19)22(21)26/h4-7,12-14H,3,8-11H2,1-2H3. The van der Waals surface area contributed by atoms with Gasteiger partial charge in [-0.2, -0.15) is 0 Å². The minimum Gasteiger partial charge on any atom is -0.378 e. The number of benzene rings is 2. The predicted molar refractivity (Wildman–Crippen MR) is 113 cm³/mol. The van der Waals surface area contributed by atoms with Crippen molar-refractivity contribution in [1.82, 2.24) is 4.57 Å². The quantitative estimate of drug-likeness (QED) is 0.637. The first kappa shape index (κ1) is 20.6. The number of pyridine rings is 1. The van der Waals surface area contributed by atoms with E-state index in [-0.39, 0.29) is 15.2 Å². The van der Waals surface area contributed by atoms with Crippen LogP contribution in [0.15, 0.2) is 57.2 Å². The molecule has 0 aliphatic carbocycles. The van der Waals surface area contributed by atoms with E-state index in [9.17, 15) is 17.6 Å². The van der Waals surface area contributed by atoms with Gasteiger partial charge < -0.3 is 14.2 Å². The Morgan fingerprint density at radius 2 is 1.77 bits per heavy atom. The zero-order chi connectivity index (χ0) is 21.5. The van der Waals surface area contributed by atoms with Gasteiger partial charge in [-0.1, -0.05) is 19.1 Å². The van der Waals surface area contributed by atoms with Crippen molar-refractivity contribution in [2.75, 3.05) is 31.2 Å². The van der Waals surface area contributed by atoms with Crippen LogP contribution in [0.5, 0.6) is 0 Å². The number of sulfone groups is 1. The van der Waals surface area contributed by atoms with E-state index in [2.05, 4.69) is 0 Å². The first-order valence-electron chi connectivity index (χ1n) is 9.82. The first-order valence-corrected chi connectivity index (χ1v) is 11.3. The Morgan fingerprint density at radius 3 is 2.40 bits per heavy atom. The number of ether oxygens (including phenoxy) is 1. The molecule has 1 aliphatic heterocycles. The van der Waals surface area contributed by atoms with Crippen LogP contribution in [0.25, 0.3) is 10.9 Å². The molecule has 0 unspecified atom stereocenters. The van der Waals surface area contributed by atoms with Crippen molar-refractivity contribution in [2.24, 2.45) is 7.05 Å². The van der Waals surface area contributed by atoms with E-state index < -0.39 is 21.1 Å². The van der Waals surface area contributed by atoms with Crippen LogP contribution in [0.3, 0.4) is 0 Å². The molecule has 0 saturated carbocycles. The number of aryl methyl sites for hydroxylation is 2. The van der Waals surface area contributed by atoms with Crippen LogP contribution in [0.4, 0.5) is 10.1 Å². The highest BCUT2D eigenvalue weighted by Gasteiger charge is 2.25. The van der Waals surface area contributed by atoms with Crippen molar-refractivity contribution < 1.29 is 17.5 Å². The number of fused-ring (bicyclic) bond motifs is 1. The fraction of sp³-hybridized carbons (Fsp3) is 0.318. The van der Waals surface area contributed by atoms with Gasteiger partial charge in [-0.3, -0.25) is 4.79 Å². The Hall–Kier alpha value is -2.71. The highest BCUT2D eigenvalue weighted by Crippen LogP contribution is 2.27. The summed E-state index contributed by atoms with van der Waals surface area (Å²) >= 11 is 0. The number of halogens is 1. The second-order valence-electron chi connectivity index (χ2n) is 7.35. The van der Waals surface area contributed by atoms with Gasteiger partial charge in [-0.15, -0.1) is 0 Å². The monoisotopic (exact) mass is 430 g/mol. The van der Waals surface area contributed by atoms with Crippen molar-refractivity contribution in [3.05, 3.63) is 64.2 Å². The molecule has 1 aliphatic rings. The van der Waals surface area contributed by atoms with Gasteiger partial charge in [-0.05, 0) is 36.2 Å². The minimum atomic E-state index is -4.03. The average Bonchev–Trinajstić information content (AvgIpc) is 2.76. The Labute approximate surface area is 174 Å². The lowest BCUT2D eigenvalue weighted by Gasteiger charge is -2.29. The molecule has 0 amide bonds. The van der Waals surface area contributed by atoms with E-state index in [4.69, 9.17) is 4.74 Å². The summed E-state index contributed by atoms with van der Waals surface area (Å²) in [5.41, 5.74) is 1.16. The number of hydrogen-bond donors (Lipinski definition) is 0. The van der Waals surface area contributed by atoms with Crippen LogP contribution in [0, 0.1) is 5.82 Å². The predicted octanol–water partition coefficient (Wildman–Crippen LogP) is 2.91. The third-order valence-electron chi connectivity index (χ3n) is 5.51. The maximum absolute atomic E-state index is 14.9. The molecule has 0 bridgehead atoms. The molecular formula is C22H23FN2O4S. The van der Waals surface area contributed by atoms with E-state index in [1.54, 1.807) is 29.8 Å². The highest BCUT2D eigenvalue weighted by molar-refractivity contribution is 7.91. The summed E-state index contributed by atoms with van der Waals surface area (Å²) in [6.45, 7) is 4.09. The molecule has 1 saturated heterocycles. The van der Waals surface area contributed by atoms with Gasteiger partial charge in [0.25, 0.3) is 0 Å². The summed E-state index contributed by atoms with van der Waals surface area (Å²) in [6, 6.07) is 9.20. The summed E-state index contributed by atoms with van der Waals surface area (Å²) in [5, 5.41) is 0.0401. The maximum Gasteiger partial charge on any atom is 0.211 e. The van der Waals surface area contributed by atoms with Gasteiger partial charge in [0.05, 0.1) is 34.7 Å². The lowest BCUT2D eigenvalue weighted by molar-refractivity contribution is 0.122. The molecule has 3 aromatic rings. The van der Waals surface area contributed by atoms with E-state index >= 15 is 0 Å². The van der Waals surface area contributed by atoms with Crippen LogP contribution in [0.1, 0.15) is 12.5 Å². The van der Waals surface area contributed by atoms with Gasteiger partial charge in [0.15, 0.2) is 0 Å². The third kappa shape index (κ3) is 3.50. The lowest BCUT2D eigenvalue weighted by Crippen LogP contribution is -2.36. The van der Waals surface area contributed by atoms with Gasteiger partial charge >= 0.3 is 0 Å². The molecule has 6 nitrogen and oxygen atoms in total. The zero-order valence-electron chi connectivity index (χ0n) is 16.9. The Morgan fingerprint density at radius 1 is 1.10 bits per heavy atom. The lowest BCUT2D eigenvalue weighted by atomic mass is 10.1. The molecule has 0 N–H and O–H groups in total. The fourth-order valence-electron chi connectivity index (χ4n) is 3.73. The summed E-state index contributed by atoms with van der Waals surface area (Å²) in [6.07, 6.45) is 2.09. The van der Waals surface area contributed by atoms with Crippen molar-refractivity contribution in [3.63, 3.8) is 0 Å². The van der Waals surface area contributed by atoms with E-state index in [0.29, 0.717) is 37.5 Å². The molecule has 0 radical (unpaired) electrons. The highest BCUT2D eigenvalue weighted by atomic mass is 32.2. The Kier molecular flexibility index (Phi) is 5.38. The van der Waals surface area contributed by atoms with Gasteiger partial charge in [0.1, 0.15) is 10.7 Å². The summed E-state index contributed by atoms with van der Waals surface area (Å²) in [5.74, 6) is -0.552. The number of nitrogens with zero attached hydrogens (tertiary/aromatic N) is 2. The van der Waals surface area contributed by atoms with Crippen molar-refractivity contribution in [3.8, 4) is 0 Å². The summed E-state index contributed by atoms with van der Waals surface area (Å²) < 4.78 is 48.0. The molecule has 158 valence electrons. The van der Waals surface area contributed by atoms with Crippen LogP contribution in [-0.2, 0) is 28.0 Å². The van der Waals surface area contributed by atoms with Crippen LogP contribution >= 0.6 is 0 Å². The molecule has 0 atom stereocenters. The van der Waals surface area contributed by atoms with Gasteiger partial charge in [0.2, 0.25) is 15.3 Å². The molecular weight excluding hydrogens is 407 g/mol. The molecule has 1 aromatic heterocycles. The number of aromatic nitrogens is 1. The molecule has 4 rings (SSSR count). The molecule has 2 aromatic carbocycles. The third-order valence-corrected chi connectivity index (χ3v) is 7.27. The number of morpholine rings is 1. The number of hydrogen-bond acceptors (Lipinski definition) is 5. The maximum atomic E-state index is 14.9. The Balaban J connectivity index is 1.86. The molecule has 8 heteroatoms. The Bertz CT molecular complexity index is 1260. The zero-order valence-corrected chi connectivity index (χ0v) is 17.7. The number of anilines is 1. The van der Waals surface area contributed by atoms with Crippen LogP contribution in [0.2, 0.25) is 0 Å². The number of rotatable bonds is 4. The van der Waals surface area contributed by atoms with E-state index in [1.807, 2.05) is 11.8 Å². The molecule has 2 heterocycles. The molecule has 0 spiro atoms. The summed E-state index contributed by atoms with van der Waals surface area (Å²) in [7, 11) is -2.38. The van der Waals surface area contributed by atoms with E-state index in [1.165, 1.54) is 18.3 Å². The first-order chi connectivity index (χ1) is 14.3. The van der Waals surface area contributed by atoms with E-state index in [0.717, 1.165) is 18.1 Å². The van der Waals surface area contributed by atoms with Crippen LogP contribution in [-0.4, -0.2) is 39.3 Å². The normalized spacial score (nSPS) is 15.0. The van der Waals surface area contributed by atoms with Crippen LogP contribution < -0.4 is 10.3 Å². The van der Waals surface area contributed by atoms with Crippen molar-refractivity contribution >= 4 is 26.4 Å². The smallest absolute Gasteiger partial charge is 0.211 e. The van der Waals surface area contributed by atoms with Gasteiger partial charge in [-0.25, -0.2) is 12.8 Å². The van der Waals surface area contributed by atoms with Gasteiger partial charge in [0, 0.05) is 26.3 Å². The summed E-state index contributed by atoms with van der Waals surface area (Å²) in [4.78, 5) is 14.6. The second kappa shape index (κ2) is 7.85. The molecule has 1 fully saturated rings. The molecule has 30 heavy (non-hydrogen) atoms. The van der Waals surface area contributed by atoms with Crippen molar-refractivity contribution in [1.29, 1.82) is 0 Å². The minimum absolute atomic E-state index is 0.0401. The fourth-order valence-corrected chi connectivity index (χ4v) is 5.13. The second-order valence-corrected chi connectivity index (χ2v) is 9.27. The largest absolute Gasteiger partial charge is 0.378 e. The average molecular weight is 431 g/mol. The van der Waals surface area contributed by atoms with Crippen molar-refractivity contribution in [2.45, 2.75) is 23.1 Å².